The molecule has 2 aliphatic carbocycles. The van der Waals surface area contributed by atoms with Crippen molar-refractivity contribution in [1.29, 1.82) is 5.26 Å². The highest BCUT2D eigenvalue weighted by Crippen LogP contribution is 2.60. The molecule has 0 aliphatic heterocycles. The van der Waals surface area contributed by atoms with Crippen molar-refractivity contribution in [3.63, 3.8) is 0 Å². The number of nitriles is 1. The topological polar surface area (TPSA) is 75.0 Å². The zero-order valence-corrected chi connectivity index (χ0v) is 16.7. The van der Waals surface area contributed by atoms with E-state index in [0.717, 1.165) is 11.1 Å². The molecule has 2 aliphatic rings. The Kier molecular flexibility index (Phi) is 4.41. The van der Waals surface area contributed by atoms with Gasteiger partial charge < -0.3 is 0 Å². The average molecular weight is 405 g/mol. The van der Waals surface area contributed by atoms with Crippen molar-refractivity contribution in [1.82, 2.24) is 0 Å². The maximum atomic E-state index is 14.0. The van der Waals surface area contributed by atoms with Crippen LogP contribution in [-0.2, 0) is 4.79 Å². The Balaban J connectivity index is 1.77. The fourth-order valence-corrected chi connectivity index (χ4v) is 5.40. The van der Waals surface area contributed by atoms with Crippen LogP contribution in [0.1, 0.15) is 62.1 Å². The zero-order chi connectivity index (χ0) is 21.6. The van der Waals surface area contributed by atoms with Crippen LogP contribution in [0.25, 0.3) is 0 Å². The maximum Gasteiger partial charge on any atom is 0.178 e. The zero-order valence-electron chi connectivity index (χ0n) is 16.7. The summed E-state index contributed by atoms with van der Waals surface area (Å²) in [4.78, 5) is 40.9. The van der Waals surface area contributed by atoms with Crippen LogP contribution in [0.3, 0.4) is 0 Å². The van der Waals surface area contributed by atoms with Crippen LogP contribution in [0.4, 0.5) is 0 Å². The van der Waals surface area contributed by atoms with Gasteiger partial charge in [0.2, 0.25) is 0 Å². The van der Waals surface area contributed by atoms with Crippen molar-refractivity contribution >= 4 is 17.3 Å². The molecule has 0 amide bonds. The van der Waals surface area contributed by atoms with E-state index in [-0.39, 0.29) is 30.2 Å². The first kappa shape index (κ1) is 19.1. The molecule has 150 valence electrons. The summed E-state index contributed by atoms with van der Waals surface area (Å²) in [7, 11) is 0. The van der Waals surface area contributed by atoms with Gasteiger partial charge in [0, 0.05) is 35.8 Å². The molecular weight excluding hydrogens is 386 g/mol. The van der Waals surface area contributed by atoms with Crippen LogP contribution in [0.15, 0.2) is 78.9 Å². The number of nitrogens with zero attached hydrogens (tertiary/aromatic N) is 1. The third kappa shape index (κ3) is 2.70. The Morgan fingerprint density at radius 2 is 1.16 bits per heavy atom. The first-order chi connectivity index (χ1) is 15.1. The largest absolute Gasteiger partial charge is 0.300 e. The van der Waals surface area contributed by atoms with Gasteiger partial charge in [0.05, 0.1) is 11.6 Å². The lowest BCUT2D eigenvalue weighted by atomic mass is 9.54. The molecule has 1 saturated carbocycles. The van der Waals surface area contributed by atoms with Gasteiger partial charge in [-0.3, -0.25) is 14.4 Å². The Hall–Kier alpha value is -3.84. The number of ketones is 3. The van der Waals surface area contributed by atoms with Gasteiger partial charge >= 0.3 is 0 Å². The summed E-state index contributed by atoms with van der Waals surface area (Å²) in [6.45, 7) is 0. The Bertz CT molecular complexity index is 1220. The molecule has 3 aromatic rings. The number of benzene rings is 3. The Labute approximate surface area is 180 Å². The molecule has 1 fully saturated rings. The van der Waals surface area contributed by atoms with Gasteiger partial charge in [0.25, 0.3) is 0 Å². The predicted octanol–water partition coefficient (Wildman–Crippen LogP) is 4.85. The molecular formula is C27H19NO3. The number of hydrogen-bond donors (Lipinski definition) is 0. The van der Waals surface area contributed by atoms with E-state index >= 15 is 0 Å². The third-order valence-corrected chi connectivity index (χ3v) is 6.77. The summed E-state index contributed by atoms with van der Waals surface area (Å²) < 4.78 is 0. The fourth-order valence-electron chi connectivity index (χ4n) is 5.40. The Morgan fingerprint density at radius 1 is 0.677 bits per heavy atom. The van der Waals surface area contributed by atoms with Gasteiger partial charge in [0.1, 0.15) is 11.2 Å². The summed E-state index contributed by atoms with van der Waals surface area (Å²) in [6, 6.07) is 25.4. The van der Waals surface area contributed by atoms with Crippen LogP contribution in [0.2, 0.25) is 0 Å². The van der Waals surface area contributed by atoms with Crippen LogP contribution < -0.4 is 0 Å². The van der Waals surface area contributed by atoms with Crippen LogP contribution in [0, 0.1) is 16.7 Å². The summed E-state index contributed by atoms with van der Waals surface area (Å²) in [5, 5.41) is 9.17. The second kappa shape index (κ2) is 7.14. The first-order valence-corrected chi connectivity index (χ1v) is 10.3. The second-order valence-electron chi connectivity index (χ2n) is 8.27. The smallest absolute Gasteiger partial charge is 0.178 e. The van der Waals surface area contributed by atoms with Gasteiger partial charge in [-0.25, -0.2) is 0 Å². The van der Waals surface area contributed by atoms with E-state index in [2.05, 4.69) is 6.07 Å². The molecule has 0 aromatic heterocycles. The average Bonchev–Trinajstić information content (AvgIpc) is 3.04. The van der Waals surface area contributed by atoms with Gasteiger partial charge in [-0.2, -0.15) is 5.26 Å². The summed E-state index contributed by atoms with van der Waals surface area (Å²) in [6.07, 6.45) is 0.281. The highest BCUT2D eigenvalue weighted by Gasteiger charge is 2.64. The standard InChI is InChI=1S/C27H19NO3/c28-16-17-10-12-19(13-11-17)24-15-20(29)14-23(18-6-2-1-3-7-18)27(24)25(30)21-8-4-5-9-22(21)26(27)31/h1-13,23-24H,14-15H2/t23-,24-/m1/s1. The van der Waals surface area contributed by atoms with E-state index in [1.807, 2.05) is 30.3 Å². The summed E-state index contributed by atoms with van der Waals surface area (Å²) in [5.74, 6) is -1.50. The fraction of sp³-hybridized carbons (Fsp3) is 0.185. The number of carbonyl (C=O) groups is 3. The van der Waals surface area contributed by atoms with Crippen LogP contribution in [0.5, 0.6) is 0 Å². The van der Waals surface area contributed by atoms with Crippen molar-refractivity contribution in [3.8, 4) is 6.07 Å². The number of hydrogen-bond acceptors (Lipinski definition) is 4. The third-order valence-electron chi connectivity index (χ3n) is 6.77. The molecule has 1 spiro atoms. The van der Waals surface area contributed by atoms with Gasteiger partial charge in [-0.1, -0.05) is 66.7 Å². The van der Waals surface area contributed by atoms with Crippen molar-refractivity contribution in [2.24, 2.45) is 5.41 Å². The van der Waals surface area contributed by atoms with E-state index in [4.69, 9.17) is 5.26 Å². The van der Waals surface area contributed by atoms with Crippen LogP contribution in [-0.4, -0.2) is 17.3 Å². The molecule has 0 N–H and O–H groups in total. The molecule has 4 nitrogen and oxygen atoms in total. The molecule has 4 heteroatoms. The van der Waals surface area contributed by atoms with Crippen molar-refractivity contribution < 1.29 is 14.4 Å². The number of carbonyl (C=O) groups excluding carboxylic acids is 3. The van der Waals surface area contributed by atoms with Crippen molar-refractivity contribution in [3.05, 3.63) is 107 Å². The molecule has 0 radical (unpaired) electrons. The summed E-state index contributed by atoms with van der Waals surface area (Å²) >= 11 is 0. The lowest BCUT2D eigenvalue weighted by Gasteiger charge is -2.44. The van der Waals surface area contributed by atoms with Crippen molar-refractivity contribution in [2.45, 2.75) is 24.7 Å². The van der Waals surface area contributed by atoms with E-state index in [1.54, 1.807) is 48.5 Å². The molecule has 31 heavy (non-hydrogen) atoms. The van der Waals surface area contributed by atoms with E-state index < -0.39 is 17.3 Å². The minimum atomic E-state index is -1.37. The lowest BCUT2D eigenvalue weighted by molar-refractivity contribution is -0.122. The maximum absolute atomic E-state index is 14.0. The molecule has 0 unspecified atom stereocenters. The minimum absolute atomic E-state index is 0.0328. The molecule has 5 rings (SSSR count). The quantitative estimate of drug-likeness (QED) is 0.571. The SMILES string of the molecule is N#Cc1ccc([C@H]2CC(=O)C[C@H](c3ccccc3)C23C(=O)c2ccccc2C3=O)cc1. The van der Waals surface area contributed by atoms with Crippen molar-refractivity contribution in [2.75, 3.05) is 0 Å². The normalized spacial score (nSPS) is 21.7. The Morgan fingerprint density at radius 3 is 1.68 bits per heavy atom. The highest BCUT2D eigenvalue weighted by molar-refractivity contribution is 6.31. The van der Waals surface area contributed by atoms with E-state index in [0.29, 0.717) is 16.7 Å². The lowest BCUT2D eigenvalue weighted by Crippen LogP contribution is -2.49. The number of Topliss-reactive ketones (excluding diaryl/α,β-unsaturated/α-hetero) is 3. The predicted molar refractivity (Wildman–Crippen MR) is 115 cm³/mol. The molecule has 0 heterocycles. The molecule has 0 saturated heterocycles. The van der Waals surface area contributed by atoms with Gasteiger partial charge in [-0.05, 0) is 23.3 Å². The molecule has 3 aromatic carbocycles. The van der Waals surface area contributed by atoms with Gasteiger partial charge in [-0.15, -0.1) is 0 Å². The molecule has 0 bridgehead atoms. The van der Waals surface area contributed by atoms with Crippen LogP contribution >= 0.6 is 0 Å². The van der Waals surface area contributed by atoms with E-state index in [1.165, 1.54) is 0 Å². The summed E-state index contributed by atoms with van der Waals surface area (Å²) in [5.41, 5.74) is 1.55. The highest BCUT2D eigenvalue weighted by atomic mass is 16.2. The monoisotopic (exact) mass is 405 g/mol. The minimum Gasteiger partial charge on any atom is -0.300 e. The van der Waals surface area contributed by atoms with Gasteiger partial charge in [0.15, 0.2) is 11.6 Å². The first-order valence-electron chi connectivity index (χ1n) is 10.3. The molecule has 2 atom stereocenters. The number of fused-ring (bicyclic) bond motifs is 1. The second-order valence-corrected chi connectivity index (χ2v) is 8.27. The van der Waals surface area contributed by atoms with E-state index in [9.17, 15) is 14.4 Å². The number of rotatable bonds is 2.